The highest BCUT2D eigenvalue weighted by atomic mass is 16.5. The van der Waals surface area contributed by atoms with Gasteiger partial charge in [-0.25, -0.2) is 0 Å². The first-order chi connectivity index (χ1) is 17.2. The van der Waals surface area contributed by atoms with Crippen LogP contribution in [-0.2, 0) is 19.1 Å². The molecule has 0 aliphatic carbocycles. The fourth-order valence-electron chi connectivity index (χ4n) is 4.16. The van der Waals surface area contributed by atoms with Crippen molar-refractivity contribution in [1.82, 2.24) is 0 Å². The monoisotopic (exact) mass is 486 g/mol. The Morgan fingerprint density at radius 2 is 1.56 bits per heavy atom. The van der Waals surface area contributed by atoms with Crippen LogP contribution in [0.4, 0.5) is 11.4 Å². The van der Waals surface area contributed by atoms with Crippen molar-refractivity contribution in [3.8, 4) is 11.5 Å². The lowest BCUT2D eigenvalue weighted by Crippen LogP contribution is -2.28. The predicted molar refractivity (Wildman–Crippen MR) is 138 cm³/mol. The second-order valence-corrected chi connectivity index (χ2v) is 9.17. The molecule has 0 bridgehead atoms. The summed E-state index contributed by atoms with van der Waals surface area (Å²) in [6.45, 7) is 7.68. The zero-order valence-corrected chi connectivity index (χ0v) is 21.0. The number of para-hydroxylation sites is 1. The molecule has 7 nitrogen and oxygen atoms in total. The first-order valence-electron chi connectivity index (χ1n) is 11.9. The van der Waals surface area contributed by atoms with Crippen molar-refractivity contribution in [2.45, 2.75) is 34.1 Å². The van der Waals surface area contributed by atoms with E-state index in [0.29, 0.717) is 17.1 Å². The molecule has 1 aliphatic rings. The van der Waals surface area contributed by atoms with Gasteiger partial charge in [-0.15, -0.1) is 0 Å². The molecule has 36 heavy (non-hydrogen) atoms. The molecule has 3 aromatic carbocycles. The quantitative estimate of drug-likeness (QED) is 0.461. The third kappa shape index (κ3) is 5.74. The minimum Gasteiger partial charge on any atom is -0.457 e. The van der Waals surface area contributed by atoms with E-state index in [2.05, 4.69) is 5.32 Å². The first kappa shape index (κ1) is 25.0. The van der Waals surface area contributed by atoms with Gasteiger partial charge in [-0.3, -0.25) is 14.4 Å². The number of nitrogens with one attached hydrogen (secondary N) is 1. The average molecular weight is 487 g/mol. The predicted octanol–water partition coefficient (Wildman–Crippen LogP) is 5.25. The molecule has 0 aromatic heterocycles. The summed E-state index contributed by atoms with van der Waals surface area (Å²) in [5.41, 5.74) is 5.59. The molecule has 1 heterocycles. The van der Waals surface area contributed by atoms with E-state index in [1.54, 1.807) is 29.2 Å². The molecule has 0 unspecified atom stereocenters. The maximum absolute atomic E-state index is 12.6. The van der Waals surface area contributed by atoms with Gasteiger partial charge in [-0.1, -0.05) is 24.3 Å². The van der Waals surface area contributed by atoms with E-state index in [1.165, 1.54) is 5.56 Å². The van der Waals surface area contributed by atoms with Crippen LogP contribution in [0.5, 0.6) is 11.5 Å². The van der Waals surface area contributed by atoms with Crippen molar-refractivity contribution in [3.63, 3.8) is 0 Å². The van der Waals surface area contributed by atoms with Gasteiger partial charge < -0.3 is 19.7 Å². The third-order valence-corrected chi connectivity index (χ3v) is 6.41. The van der Waals surface area contributed by atoms with Gasteiger partial charge >= 0.3 is 5.97 Å². The van der Waals surface area contributed by atoms with Gasteiger partial charge in [0.2, 0.25) is 5.91 Å². The fraction of sp³-hybridized carbons (Fsp3) is 0.276. The van der Waals surface area contributed by atoms with E-state index in [1.807, 2.05) is 64.1 Å². The molecular weight excluding hydrogens is 456 g/mol. The van der Waals surface area contributed by atoms with Crippen molar-refractivity contribution in [2.24, 2.45) is 5.92 Å². The van der Waals surface area contributed by atoms with Crippen molar-refractivity contribution in [2.75, 3.05) is 23.4 Å². The van der Waals surface area contributed by atoms with Crippen LogP contribution in [0.25, 0.3) is 0 Å². The minimum atomic E-state index is -0.628. The van der Waals surface area contributed by atoms with Gasteiger partial charge in [0, 0.05) is 24.3 Å². The lowest BCUT2D eigenvalue weighted by molar-refractivity contribution is -0.151. The molecule has 2 amide bonds. The molecule has 0 radical (unpaired) electrons. The smallest absolute Gasteiger partial charge is 0.311 e. The highest BCUT2D eigenvalue weighted by Gasteiger charge is 2.36. The number of hydrogen-bond acceptors (Lipinski definition) is 5. The zero-order chi connectivity index (χ0) is 25.8. The number of carbonyl (C=O) groups excluding carboxylic acids is 3. The van der Waals surface area contributed by atoms with Crippen LogP contribution in [0.15, 0.2) is 60.7 Å². The van der Waals surface area contributed by atoms with Gasteiger partial charge in [-0.2, -0.15) is 0 Å². The molecule has 0 saturated carbocycles. The second kappa shape index (κ2) is 10.6. The highest BCUT2D eigenvalue weighted by molar-refractivity contribution is 6.00. The van der Waals surface area contributed by atoms with Crippen LogP contribution < -0.4 is 15.0 Å². The van der Waals surface area contributed by atoms with Crippen molar-refractivity contribution in [3.05, 3.63) is 82.9 Å². The molecule has 1 N–H and O–H groups in total. The Morgan fingerprint density at radius 3 is 2.22 bits per heavy atom. The summed E-state index contributed by atoms with van der Waals surface area (Å²) < 4.78 is 11.1. The minimum absolute atomic E-state index is 0.0399. The molecule has 1 saturated heterocycles. The van der Waals surface area contributed by atoms with Gasteiger partial charge in [0.05, 0.1) is 5.92 Å². The number of carbonyl (C=O) groups is 3. The number of aryl methyl sites for hydroxylation is 4. The van der Waals surface area contributed by atoms with Gasteiger partial charge in [0.25, 0.3) is 5.91 Å². The van der Waals surface area contributed by atoms with E-state index in [-0.39, 0.29) is 18.9 Å². The first-order valence-corrected chi connectivity index (χ1v) is 11.9. The molecule has 1 aliphatic heterocycles. The zero-order valence-electron chi connectivity index (χ0n) is 21.0. The lowest BCUT2D eigenvalue weighted by Gasteiger charge is -2.17. The number of benzene rings is 3. The molecule has 0 spiro atoms. The lowest BCUT2D eigenvalue weighted by atomic mass is 10.1. The number of rotatable bonds is 7. The van der Waals surface area contributed by atoms with E-state index >= 15 is 0 Å². The van der Waals surface area contributed by atoms with Crippen molar-refractivity contribution >= 4 is 29.2 Å². The van der Waals surface area contributed by atoms with Crippen LogP contribution in [-0.4, -0.2) is 30.9 Å². The van der Waals surface area contributed by atoms with Gasteiger partial charge in [0.1, 0.15) is 11.5 Å². The number of hydrogen-bond donors (Lipinski definition) is 1. The summed E-state index contributed by atoms with van der Waals surface area (Å²) in [7, 11) is 0. The van der Waals surface area contributed by atoms with E-state index < -0.39 is 24.4 Å². The number of anilines is 2. The molecule has 186 valence electrons. The Bertz CT molecular complexity index is 1280. The fourth-order valence-corrected chi connectivity index (χ4v) is 4.16. The SMILES string of the molecule is Cc1ccc(Oc2ccc(N3C[C@H](C(=O)OCC(=O)Nc4c(C)cccc4C)CC3=O)cc2)cc1C. The summed E-state index contributed by atoms with van der Waals surface area (Å²) in [5, 5.41) is 2.79. The number of amides is 2. The molecule has 7 heteroatoms. The summed E-state index contributed by atoms with van der Waals surface area (Å²) in [4.78, 5) is 39.0. The van der Waals surface area contributed by atoms with E-state index in [9.17, 15) is 14.4 Å². The highest BCUT2D eigenvalue weighted by Crippen LogP contribution is 2.30. The second-order valence-electron chi connectivity index (χ2n) is 9.17. The molecular formula is C29H30N2O5. The average Bonchev–Trinajstić information content (AvgIpc) is 3.24. The van der Waals surface area contributed by atoms with Gasteiger partial charge in [0.15, 0.2) is 6.61 Å². The summed E-state index contributed by atoms with van der Waals surface area (Å²) in [5.74, 6) is -0.373. The van der Waals surface area contributed by atoms with E-state index in [0.717, 1.165) is 22.4 Å². The molecule has 4 rings (SSSR count). The third-order valence-electron chi connectivity index (χ3n) is 6.41. The normalized spacial score (nSPS) is 15.1. The Labute approximate surface area is 211 Å². The summed E-state index contributed by atoms with van der Waals surface area (Å²) >= 11 is 0. The van der Waals surface area contributed by atoms with Crippen LogP contribution in [0.3, 0.4) is 0 Å². The van der Waals surface area contributed by atoms with Crippen molar-refractivity contribution < 1.29 is 23.9 Å². The summed E-state index contributed by atoms with van der Waals surface area (Å²) in [6, 6.07) is 18.8. The summed E-state index contributed by atoms with van der Waals surface area (Å²) in [6.07, 6.45) is 0.0399. The molecule has 3 aromatic rings. The van der Waals surface area contributed by atoms with Crippen LogP contribution in [0.2, 0.25) is 0 Å². The maximum Gasteiger partial charge on any atom is 0.311 e. The van der Waals surface area contributed by atoms with Crippen LogP contribution >= 0.6 is 0 Å². The Morgan fingerprint density at radius 1 is 0.889 bits per heavy atom. The standard InChI is InChI=1S/C29H30N2O5/c1-18-8-11-25(14-21(18)4)36-24-12-9-23(10-13-24)31-16-22(15-27(31)33)29(34)35-17-26(32)30-28-19(2)6-5-7-20(28)3/h5-14,22H,15-17H2,1-4H3,(H,30,32)/t22-/m1/s1. The molecule has 1 atom stereocenters. The Hall–Kier alpha value is -4.13. The van der Waals surface area contributed by atoms with E-state index in [4.69, 9.17) is 9.47 Å². The van der Waals surface area contributed by atoms with Crippen LogP contribution in [0, 0.1) is 33.6 Å². The number of esters is 1. The number of nitrogens with zero attached hydrogens (tertiary/aromatic N) is 1. The van der Waals surface area contributed by atoms with Crippen molar-refractivity contribution in [1.29, 1.82) is 0 Å². The van der Waals surface area contributed by atoms with Crippen LogP contribution in [0.1, 0.15) is 28.7 Å². The largest absolute Gasteiger partial charge is 0.457 e. The Kier molecular flexibility index (Phi) is 7.38. The molecule has 1 fully saturated rings. The van der Waals surface area contributed by atoms with Gasteiger partial charge in [-0.05, 0) is 86.3 Å². The Balaban J connectivity index is 1.31. The maximum atomic E-state index is 12.6. The topological polar surface area (TPSA) is 84.9 Å². The number of ether oxygens (including phenoxy) is 2.